The number of amides is 4. The normalized spacial score (nSPS) is 18.5. The molecule has 2 N–H and O–H groups in total. The van der Waals surface area contributed by atoms with E-state index < -0.39 is 5.91 Å². The Morgan fingerprint density at radius 2 is 1.66 bits per heavy atom. The Bertz CT molecular complexity index is 2720. The van der Waals surface area contributed by atoms with Gasteiger partial charge in [0.05, 0.1) is 11.7 Å². The van der Waals surface area contributed by atoms with Gasteiger partial charge in [-0.15, -0.1) is 0 Å². The van der Waals surface area contributed by atoms with E-state index in [1.165, 1.54) is 18.5 Å². The van der Waals surface area contributed by atoms with Crippen molar-refractivity contribution in [1.29, 1.82) is 0 Å². The van der Waals surface area contributed by atoms with Crippen LogP contribution in [0.3, 0.4) is 0 Å². The Morgan fingerprint density at radius 1 is 0.906 bits per heavy atom. The second-order valence-electron chi connectivity index (χ2n) is 19.2. The summed E-state index contributed by atoms with van der Waals surface area (Å²) in [5, 5.41) is 9.39. The highest BCUT2D eigenvalue weighted by molar-refractivity contribution is 6.05. The van der Waals surface area contributed by atoms with Crippen LogP contribution in [0.25, 0.3) is 28.3 Å². The highest BCUT2D eigenvalue weighted by Gasteiger charge is 2.52. The first-order valence-corrected chi connectivity index (χ1v) is 22.3. The van der Waals surface area contributed by atoms with Gasteiger partial charge in [0, 0.05) is 117 Å². The maximum absolute atomic E-state index is 13.0. The maximum atomic E-state index is 13.0. The molecule has 6 aromatic rings. The van der Waals surface area contributed by atoms with Crippen molar-refractivity contribution in [3.8, 4) is 22.6 Å². The van der Waals surface area contributed by atoms with Crippen LogP contribution >= 0.6 is 0 Å². The summed E-state index contributed by atoms with van der Waals surface area (Å²) < 4.78 is 7.25. The summed E-state index contributed by atoms with van der Waals surface area (Å²) in [5.74, 6) is 2.29. The number of aryl methyl sites for hydroxylation is 1. The lowest BCUT2D eigenvalue weighted by atomic mass is 9.57. The zero-order valence-corrected chi connectivity index (χ0v) is 37.0. The predicted molar refractivity (Wildman–Crippen MR) is 243 cm³/mol. The number of piperazine rings is 1. The number of urea groups is 1. The summed E-state index contributed by atoms with van der Waals surface area (Å²) in [7, 11) is 0. The molecule has 4 fully saturated rings. The van der Waals surface area contributed by atoms with Gasteiger partial charge in [0.15, 0.2) is 5.82 Å². The van der Waals surface area contributed by atoms with E-state index in [4.69, 9.17) is 14.5 Å². The number of hydrogen-bond donors (Lipinski definition) is 2. The third kappa shape index (κ3) is 8.06. The summed E-state index contributed by atoms with van der Waals surface area (Å²) in [6.45, 7) is 17.6. The van der Waals surface area contributed by atoms with Crippen LogP contribution in [-0.4, -0.2) is 105 Å². The minimum atomic E-state index is -0.411. The van der Waals surface area contributed by atoms with Crippen molar-refractivity contribution in [2.45, 2.75) is 65.3 Å². The molecule has 4 amide bonds. The van der Waals surface area contributed by atoms with Gasteiger partial charge in [-0.1, -0.05) is 38.1 Å². The Hall–Kier alpha value is -6.68. The van der Waals surface area contributed by atoms with Crippen LogP contribution < -0.4 is 25.3 Å². The Morgan fingerprint density at radius 3 is 2.34 bits per heavy atom. The largest absolute Gasteiger partial charge is 0.370 e. The molecule has 16 heteroatoms. The first-order valence-electron chi connectivity index (χ1n) is 22.3. The van der Waals surface area contributed by atoms with Gasteiger partial charge in [-0.25, -0.2) is 19.7 Å². The molecule has 330 valence electrons. The standard InChI is InChI=1S/C48H54N12O4/c1-30-22-33(6-12-37(30)31(2)51-43(62)44-54-45(55-64-44)47(3,4)5)42-52-38(23-40-49-15-17-60(40)42)34-7-13-39(50-26-34)57-20-18-56(19-21-57)27-32-24-48(25-32)28-58(29-48)35-8-10-36(11-9-35)59-16-14-41(61)53-46(59)63/h6-13,15,17,22-23,26,31-32H,14,16,18-21,24-25,27-29H2,1-5H3,(H,51,62)(H,53,61,63)/t31-/m1/s1. The summed E-state index contributed by atoms with van der Waals surface area (Å²) in [4.78, 5) is 64.8. The molecule has 3 aliphatic heterocycles. The van der Waals surface area contributed by atoms with Crippen LogP contribution in [0, 0.1) is 18.3 Å². The van der Waals surface area contributed by atoms with Crippen molar-refractivity contribution >= 4 is 40.7 Å². The lowest BCUT2D eigenvalue weighted by Gasteiger charge is -2.60. The molecule has 10 rings (SSSR count). The number of anilines is 3. The Labute approximate surface area is 372 Å². The lowest BCUT2D eigenvalue weighted by molar-refractivity contribution is -0.120. The average Bonchev–Trinajstić information content (AvgIpc) is 3.96. The quantitative estimate of drug-likeness (QED) is 0.155. The van der Waals surface area contributed by atoms with Gasteiger partial charge in [-0.2, -0.15) is 4.98 Å². The van der Waals surface area contributed by atoms with Crippen LogP contribution in [-0.2, 0) is 10.2 Å². The fourth-order valence-corrected chi connectivity index (χ4v) is 9.93. The van der Waals surface area contributed by atoms with E-state index >= 15 is 0 Å². The molecule has 2 aromatic carbocycles. The summed E-state index contributed by atoms with van der Waals surface area (Å²) >= 11 is 0. The number of carbonyl (C=O) groups excluding carboxylic acids is 3. The number of nitrogens with zero attached hydrogens (tertiary/aromatic N) is 10. The monoisotopic (exact) mass is 862 g/mol. The number of imide groups is 1. The predicted octanol–water partition coefficient (Wildman–Crippen LogP) is 6.42. The number of rotatable bonds is 10. The molecule has 0 radical (unpaired) electrons. The lowest BCUT2D eigenvalue weighted by Crippen LogP contribution is -2.64. The van der Waals surface area contributed by atoms with Gasteiger partial charge < -0.3 is 19.6 Å². The second-order valence-corrected chi connectivity index (χ2v) is 19.2. The molecule has 64 heavy (non-hydrogen) atoms. The zero-order chi connectivity index (χ0) is 44.3. The number of nitrogens with one attached hydrogen (secondary N) is 2. The molecule has 1 saturated carbocycles. The number of benzene rings is 2. The molecule has 7 heterocycles. The number of pyridine rings is 1. The minimum Gasteiger partial charge on any atom is -0.370 e. The van der Waals surface area contributed by atoms with E-state index in [0.717, 1.165) is 103 Å². The van der Waals surface area contributed by atoms with Gasteiger partial charge in [0.1, 0.15) is 17.3 Å². The fraction of sp³-hybridized carbons (Fsp3) is 0.417. The molecule has 0 bridgehead atoms. The molecule has 0 unspecified atom stereocenters. The first kappa shape index (κ1) is 41.3. The molecular formula is C48H54N12O4. The SMILES string of the molecule is Cc1cc(-c2nc(-c3ccc(N4CCN(CC5CC6(C5)CN(c5ccc(N7CCC(=O)NC7=O)cc5)C6)CC4)nc3)cc3nccn23)ccc1[C@@H](C)NC(=O)c1nc(C(C)(C)C)no1. The van der Waals surface area contributed by atoms with Crippen LogP contribution in [0.15, 0.2) is 83.8 Å². The van der Waals surface area contributed by atoms with Crippen LogP contribution in [0.5, 0.6) is 0 Å². The summed E-state index contributed by atoms with van der Waals surface area (Å²) in [6.07, 6.45) is 8.50. The molecule has 1 atom stereocenters. The van der Waals surface area contributed by atoms with Gasteiger partial charge in [0.2, 0.25) is 5.91 Å². The fourth-order valence-electron chi connectivity index (χ4n) is 9.93. The second kappa shape index (κ2) is 16.1. The Kier molecular flexibility index (Phi) is 10.4. The smallest absolute Gasteiger partial charge is 0.328 e. The van der Waals surface area contributed by atoms with Crippen LogP contribution in [0.2, 0.25) is 0 Å². The van der Waals surface area contributed by atoms with E-state index in [0.29, 0.717) is 24.2 Å². The average molecular weight is 863 g/mol. The summed E-state index contributed by atoms with van der Waals surface area (Å²) in [6, 6.07) is 19.9. The van der Waals surface area contributed by atoms with Crippen molar-refractivity contribution in [3.05, 3.63) is 102 Å². The third-order valence-electron chi connectivity index (χ3n) is 13.4. The molecule has 3 saturated heterocycles. The number of aromatic nitrogens is 6. The van der Waals surface area contributed by atoms with Crippen LogP contribution in [0.1, 0.15) is 80.6 Å². The van der Waals surface area contributed by atoms with Crippen LogP contribution in [0.4, 0.5) is 22.0 Å². The van der Waals surface area contributed by atoms with Gasteiger partial charge >= 0.3 is 17.8 Å². The maximum Gasteiger partial charge on any atom is 0.328 e. The highest BCUT2D eigenvalue weighted by Crippen LogP contribution is 2.53. The van der Waals surface area contributed by atoms with Gasteiger partial charge in [-0.3, -0.25) is 29.1 Å². The number of carbonyl (C=O) groups is 3. The summed E-state index contributed by atoms with van der Waals surface area (Å²) in [5.41, 5.74) is 7.53. The molecule has 1 spiro atoms. The van der Waals surface area contributed by atoms with Crippen molar-refractivity contribution in [3.63, 3.8) is 0 Å². The topological polar surface area (TPSA) is 170 Å². The van der Waals surface area contributed by atoms with E-state index in [1.54, 1.807) is 11.1 Å². The molecule has 16 nitrogen and oxygen atoms in total. The van der Waals surface area contributed by atoms with Gasteiger partial charge in [-0.05, 0) is 86.2 Å². The van der Waals surface area contributed by atoms with Crippen molar-refractivity contribution in [2.75, 3.05) is 67.1 Å². The van der Waals surface area contributed by atoms with E-state index in [-0.39, 0.29) is 29.3 Å². The van der Waals surface area contributed by atoms with Crippen molar-refractivity contribution < 1.29 is 18.9 Å². The van der Waals surface area contributed by atoms with E-state index in [9.17, 15) is 14.4 Å². The highest BCUT2D eigenvalue weighted by atomic mass is 16.5. The van der Waals surface area contributed by atoms with E-state index in [1.807, 2.05) is 81.7 Å². The molecule has 4 aromatic heterocycles. The minimum absolute atomic E-state index is 0.0500. The van der Waals surface area contributed by atoms with Crippen molar-refractivity contribution in [2.24, 2.45) is 11.3 Å². The first-order chi connectivity index (χ1) is 30.8. The molecule has 4 aliphatic rings. The van der Waals surface area contributed by atoms with Gasteiger partial charge in [0.25, 0.3) is 0 Å². The number of imidazole rings is 1. The zero-order valence-electron chi connectivity index (χ0n) is 37.0. The molecule has 1 aliphatic carbocycles. The van der Waals surface area contributed by atoms with E-state index in [2.05, 4.69) is 70.8 Å². The molecular weight excluding hydrogens is 809 g/mol. The number of fused-ring (bicyclic) bond motifs is 1. The Balaban J connectivity index is 0.718. The van der Waals surface area contributed by atoms with Crippen molar-refractivity contribution in [1.82, 2.24) is 45.0 Å². The third-order valence-corrected chi connectivity index (χ3v) is 13.4. The number of hydrogen-bond acceptors (Lipinski definition) is 12.